The first-order chi connectivity index (χ1) is 8.12. The van der Waals surface area contributed by atoms with Crippen LogP contribution in [0.2, 0.25) is 0 Å². The molecule has 1 aliphatic carbocycles. The maximum Gasteiger partial charge on any atom is 0.254 e. The number of hydrogen-bond acceptors (Lipinski definition) is 2. The lowest BCUT2D eigenvalue weighted by molar-refractivity contribution is 0.0643. The highest BCUT2D eigenvalue weighted by atomic mass is 16.3. The first-order valence-electron chi connectivity index (χ1n) is 5.26. The number of rotatable bonds is 0. The van der Waals surface area contributed by atoms with Gasteiger partial charge in [0, 0.05) is 24.0 Å². The summed E-state index contributed by atoms with van der Waals surface area (Å²) in [5.41, 5.74) is 1.06. The van der Waals surface area contributed by atoms with Gasteiger partial charge in [-0.1, -0.05) is 23.8 Å². The molecule has 1 aromatic carbocycles. The second-order valence-corrected chi connectivity index (χ2v) is 4.09. The third-order valence-electron chi connectivity index (χ3n) is 2.97. The van der Waals surface area contributed by atoms with Crippen molar-refractivity contribution in [3.63, 3.8) is 0 Å². The molecule has 0 bridgehead atoms. The van der Waals surface area contributed by atoms with E-state index in [1.165, 1.54) is 0 Å². The van der Waals surface area contributed by atoms with Gasteiger partial charge in [-0.3, -0.25) is 4.79 Å². The Balaban J connectivity index is 2.30. The van der Waals surface area contributed by atoms with Crippen LogP contribution in [0, 0.1) is 19.3 Å². The van der Waals surface area contributed by atoms with E-state index in [0.29, 0.717) is 11.1 Å². The van der Waals surface area contributed by atoms with Crippen LogP contribution >= 0.6 is 0 Å². The highest BCUT2D eigenvalue weighted by Gasteiger charge is 2.43. The van der Waals surface area contributed by atoms with Crippen molar-refractivity contribution in [2.75, 3.05) is 0 Å². The molecule has 1 aromatic rings. The minimum absolute atomic E-state index is 0.309. The van der Waals surface area contributed by atoms with Crippen LogP contribution in [-0.4, -0.2) is 16.7 Å². The monoisotopic (exact) mass is 223 g/mol. The van der Waals surface area contributed by atoms with Crippen LogP contribution in [0.3, 0.4) is 0 Å². The van der Waals surface area contributed by atoms with Gasteiger partial charge in [-0.05, 0) is 18.6 Å². The molecule has 1 unspecified atom stereocenters. The van der Waals surface area contributed by atoms with Crippen molar-refractivity contribution in [1.29, 1.82) is 0 Å². The fourth-order valence-corrected chi connectivity index (χ4v) is 2.23. The van der Waals surface area contributed by atoms with Crippen LogP contribution in [0.4, 0.5) is 0 Å². The lowest BCUT2D eigenvalue weighted by Gasteiger charge is -2.39. The van der Waals surface area contributed by atoms with E-state index in [9.17, 15) is 9.90 Å². The van der Waals surface area contributed by atoms with E-state index in [4.69, 9.17) is 0 Å². The average Bonchev–Trinajstić information content (AvgIpc) is 2.28. The second-order valence-electron chi connectivity index (χ2n) is 4.09. The Labute approximate surface area is 100 Å². The lowest BCUT2D eigenvalue weighted by atomic mass is 9.77. The molecule has 17 heavy (non-hydrogen) atoms. The van der Waals surface area contributed by atoms with E-state index in [1.807, 2.05) is 19.1 Å². The first kappa shape index (κ1) is 10.5. The third-order valence-corrected chi connectivity index (χ3v) is 2.97. The Kier molecular flexibility index (Phi) is 2.13. The standard InChI is InChI=1S/C14H9NO2/c1-9-5-4-8-14(17)12(9)10-6-2-3-7-11(10)13(16)15-14/h2-3,6-7,17H,1H3,(H,15,16). The largest absolute Gasteiger partial charge is 0.366 e. The summed E-state index contributed by atoms with van der Waals surface area (Å²) in [6.45, 7) is 1.82. The number of aliphatic hydroxyl groups is 1. The van der Waals surface area contributed by atoms with Gasteiger partial charge in [0.05, 0.1) is 6.42 Å². The van der Waals surface area contributed by atoms with Gasteiger partial charge in [-0.25, -0.2) is 0 Å². The lowest BCUT2D eigenvalue weighted by Crippen LogP contribution is -2.54. The topological polar surface area (TPSA) is 49.3 Å². The maximum absolute atomic E-state index is 11.9. The molecule has 0 saturated carbocycles. The Morgan fingerprint density at radius 2 is 2.00 bits per heavy atom. The highest BCUT2D eigenvalue weighted by molar-refractivity contribution is 6.05. The molecule has 0 saturated heterocycles. The molecule has 0 fully saturated rings. The van der Waals surface area contributed by atoms with Crippen LogP contribution in [0.15, 0.2) is 29.8 Å². The summed E-state index contributed by atoms with van der Waals surface area (Å²) in [7, 11) is 0. The molecule has 1 atom stereocenters. The predicted molar refractivity (Wildman–Crippen MR) is 61.2 cm³/mol. The molecule has 2 aliphatic rings. The molecule has 82 valence electrons. The quantitative estimate of drug-likeness (QED) is 0.693. The van der Waals surface area contributed by atoms with Crippen molar-refractivity contribution < 1.29 is 9.90 Å². The van der Waals surface area contributed by atoms with Crippen LogP contribution in [-0.2, 0) is 0 Å². The van der Waals surface area contributed by atoms with Gasteiger partial charge in [0.15, 0.2) is 5.72 Å². The number of amides is 1. The fraction of sp³-hybridized carbons (Fsp3) is 0.143. The molecule has 6 radical (unpaired) electrons. The summed E-state index contributed by atoms with van der Waals surface area (Å²) in [5, 5.41) is 12.9. The number of carbonyl (C=O) groups excluding carboxylic acids is 1. The first-order valence-corrected chi connectivity index (χ1v) is 5.26. The van der Waals surface area contributed by atoms with Crippen LogP contribution in [0.1, 0.15) is 22.8 Å². The number of allylic oxidation sites excluding steroid dienone is 1. The predicted octanol–water partition coefficient (Wildman–Crippen LogP) is 1.15. The van der Waals surface area contributed by atoms with Crippen molar-refractivity contribution in [2.24, 2.45) is 0 Å². The summed E-state index contributed by atoms with van der Waals surface area (Å²) in [4.78, 5) is 11.9. The van der Waals surface area contributed by atoms with Crippen molar-refractivity contribution >= 4 is 11.5 Å². The van der Waals surface area contributed by atoms with E-state index >= 15 is 0 Å². The van der Waals surface area contributed by atoms with Crippen molar-refractivity contribution in [3.8, 4) is 0 Å². The average molecular weight is 223 g/mol. The Hall–Kier alpha value is -1.61. The number of carbonyl (C=O) groups is 1. The SMILES string of the molecule is CC1=C2c3ccccc3C(=O)NC2(O)[C][C][C]1. The summed E-state index contributed by atoms with van der Waals surface area (Å²) < 4.78 is 0. The van der Waals surface area contributed by atoms with Gasteiger partial charge in [-0.15, -0.1) is 0 Å². The zero-order valence-corrected chi connectivity index (χ0v) is 9.16. The normalized spacial score (nSPS) is 27.3. The molecule has 1 heterocycles. The minimum Gasteiger partial charge on any atom is -0.366 e. The molecule has 0 aromatic heterocycles. The van der Waals surface area contributed by atoms with Gasteiger partial charge >= 0.3 is 0 Å². The van der Waals surface area contributed by atoms with E-state index in [-0.39, 0.29) is 5.91 Å². The molecule has 1 aliphatic heterocycles. The summed E-state index contributed by atoms with van der Waals surface area (Å²) in [6.07, 6.45) is 8.08. The number of nitrogens with one attached hydrogen (secondary N) is 1. The minimum atomic E-state index is -1.58. The zero-order valence-electron chi connectivity index (χ0n) is 9.16. The number of benzene rings is 1. The fourth-order valence-electron chi connectivity index (χ4n) is 2.23. The van der Waals surface area contributed by atoms with Crippen LogP contribution in [0.5, 0.6) is 0 Å². The van der Waals surface area contributed by atoms with Gasteiger partial charge in [0.25, 0.3) is 5.91 Å². The van der Waals surface area contributed by atoms with Gasteiger partial charge in [0.2, 0.25) is 0 Å². The third kappa shape index (κ3) is 1.42. The molecule has 2 N–H and O–H groups in total. The van der Waals surface area contributed by atoms with Crippen molar-refractivity contribution in [3.05, 3.63) is 60.2 Å². The maximum atomic E-state index is 11.9. The molecule has 3 heteroatoms. The van der Waals surface area contributed by atoms with Gasteiger partial charge in [0.1, 0.15) is 0 Å². The number of fused-ring (bicyclic) bond motifs is 3. The van der Waals surface area contributed by atoms with Crippen molar-refractivity contribution in [2.45, 2.75) is 12.6 Å². The molecular formula is C14H9NO2. The van der Waals surface area contributed by atoms with Crippen molar-refractivity contribution in [1.82, 2.24) is 5.32 Å². The smallest absolute Gasteiger partial charge is 0.254 e. The second kappa shape index (κ2) is 3.44. The van der Waals surface area contributed by atoms with Gasteiger partial charge < -0.3 is 10.4 Å². The molecule has 1 amide bonds. The molecule has 3 nitrogen and oxygen atoms in total. The van der Waals surface area contributed by atoms with E-state index in [0.717, 1.165) is 11.1 Å². The van der Waals surface area contributed by atoms with E-state index < -0.39 is 5.72 Å². The Morgan fingerprint density at radius 3 is 2.76 bits per heavy atom. The zero-order chi connectivity index (χ0) is 12.0. The summed E-state index contributed by atoms with van der Waals surface area (Å²) in [6, 6.07) is 7.17. The van der Waals surface area contributed by atoms with E-state index in [1.54, 1.807) is 12.1 Å². The number of hydrogen-bond donors (Lipinski definition) is 2. The Bertz CT molecular complexity index is 533. The van der Waals surface area contributed by atoms with E-state index in [2.05, 4.69) is 24.6 Å². The highest BCUT2D eigenvalue weighted by Crippen LogP contribution is 2.41. The Morgan fingerprint density at radius 1 is 1.29 bits per heavy atom. The van der Waals surface area contributed by atoms with Gasteiger partial charge in [-0.2, -0.15) is 0 Å². The van der Waals surface area contributed by atoms with Crippen LogP contribution in [0.25, 0.3) is 5.57 Å². The summed E-state index contributed by atoms with van der Waals surface area (Å²) in [5.74, 6) is -0.309. The summed E-state index contributed by atoms with van der Waals surface area (Å²) >= 11 is 0. The molecular weight excluding hydrogens is 214 g/mol. The molecule has 0 spiro atoms. The molecule has 3 rings (SSSR count). The van der Waals surface area contributed by atoms with Crippen LogP contribution < -0.4 is 5.32 Å².